The first-order valence-corrected chi connectivity index (χ1v) is 11.3. The van der Waals surface area contributed by atoms with E-state index in [9.17, 15) is 10.1 Å². The van der Waals surface area contributed by atoms with Gasteiger partial charge in [-0.2, -0.15) is 10.2 Å². The van der Waals surface area contributed by atoms with E-state index in [1.54, 1.807) is 21.1 Å². The molecule has 1 aromatic carbocycles. The first kappa shape index (κ1) is 21.6. The smallest absolute Gasteiger partial charge is 0.278 e. The molecule has 4 heterocycles. The fraction of sp³-hybridized carbons (Fsp3) is 0.435. The van der Waals surface area contributed by atoms with Gasteiger partial charge in [0.15, 0.2) is 0 Å². The van der Waals surface area contributed by atoms with Crippen molar-refractivity contribution in [3.8, 4) is 17.6 Å². The molecule has 0 N–H and O–H groups in total. The summed E-state index contributed by atoms with van der Waals surface area (Å²) < 4.78 is 14.8. The lowest BCUT2D eigenvalue weighted by Gasteiger charge is -2.19. The maximum Gasteiger partial charge on any atom is 0.278 e. The molecule has 2 unspecified atom stereocenters. The van der Waals surface area contributed by atoms with Crippen molar-refractivity contribution in [2.75, 3.05) is 0 Å². The Morgan fingerprint density at radius 3 is 2.82 bits per heavy atom. The van der Waals surface area contributed by atoms with E-state index in [1.165, 1.54) is 6.33 Å². The van der Waals surface area contributed by atoms with Crippen molar-refractivity contribution in [1.29, 1.82) is 5.26 Å². The Balaban J connectivity index is 1.75. The van der Waals surface area contributed by atoms with Gasteiger partial charge in [0.1, 0.15) is 29.7 Å². The van der Waals surface area contributed by atoms with Gasteiger partial charge in [-0.05, 0) is 52.2 Å². The number of hydrogen-bond donors (Lipinski definition) is 0. The fourth-order valence-corrected chi connectivity index (χ4v) is 4.63. The maximum atomic E-state index is 13.8. The number of fused-ring (bicyclic) bond motifs is 3. The van der Waals surface area contributed by atoms with Gasteiger partial charge >= 0.3 is 0 Å². The quantitative estimate of drug-likeness (QED) is 0.423. The van der Waals surface area contributed by atoms with E-state index >= 15 is 0 Å². The van der Waals surface area contributed by atoms with Crippen LogP contribution < -0.4 is 5.56 Å². The van der Waals surface area contributed by atoms with Crippen molar-refractivity contribution >= 4 is 28.2 Å². The lowest BCUT2D eigenvalue weighted by atomic mass is 10.1. The number of aromatic nitrogens is 5. The summed E-state index contributed by atoms with van der Waals surface area (Å²) in [4.78, 5) is 22.7. The minimum absolute atomic E-state index is 0.173. The normalized spacial score (nSPS) is 18.7. The molecular weight excluding hydrogens is 444 g/mol. The van der Waals surface area contributed by atoms with Crippen LogP contribution in [0.1, 0.15) is 70.6 Å². The van der Waals surface area contributed by atoms with Crippen LogP contribution in [-0.2, 0) is 4.74 Å². The Morgan fingerprint density at radius 2 is 2.15 bits per heavy atom. The molecule has 33 heavy (non-hydrogen) atoms. The van der Waals surface area contributed by atoms with Crippen LogP contribution in [0.25, 0.3) is 28.1 Å². The Labute approximate surface area is 194 Å². The van der Waals surface area contributed by atoms with E-state index in [4.69, 9.17) is 20.9 Å². The topological polar surface area (TPSA) is 111 Å². The van der Waals surface area contributed by atoms with Gasteiger partial charge in [-0.15, -0.1) is 0 Å². The van der Waals surface area contributed by atoms with Crippen LogP contribution in [0.2, 0.25) is 5.02 Å². The molecule has 0 aliphatic carbocycles. The Hall–Kier alpha value is -3.22. The molecule has 0 saturated carbocycles. The number of nitrogens with zero attached hydrogens (tertiary/aromatic N) is 6. The summed E-state index contributed by atoms with van der Waals surface area (Å²) in [5.41, 5.74) is 1.47. The van der Waals surface area contributed by atoms with Crippen LogP contribution in [0, 0.1) is 11.3 Å². The highest BCUT2D eigenvalue weighted by molar-refractivity contribution is 6.32. The van der Waals surface area contributed by atoms with E-state index in [-0.39, 0.29) is 34.7 Å². The summed E-state index contributed by atoms with van der Waals surface area (Å²) in [7, 11) is 0. The number of hydrogen-bond acceptors (Lipinski definition) is 7. The van der Waals surface area contributed by atoms with Crippen molar-refractivity contribution in [3.05, 3.63) is 45.3 Å². The summed E-state index contributed by atoms with van der Waals surface area (Å²) in [6.07, 6.45) is 3.61. The second-order valence-electron chi connectivity index (χ2n) is 9.01. The molecule has 1 aliphatic heterocycles. The highest BCUT2D eigenvalue weighted by Crippen LogP contribution is 2.39. The van der Waals surface area contributed by atoms with E-state index in [0.29, 0.717) is 39.6 Å². The largest absolute Gasteiger partial charge is 0.363 e. The minimum Gasteiger partial charge on any atom is -0.363 e. The number of nitriles is 1. The van der Waals surface area contributed by atoms with Gasteiger partial charge in [-0.25, -0.2) is 4.98 Å². The molecule has 0 amide bonds. The molecule has 1 aliphatic rings. The zero-order valence-corrected chi connectivity index (χ0v) is 19.5. The number of rotatable bonds is 4. The van der Waals surface area contributed by atoms with Crippen molar-refractivity contribution < 1.29 is 9.26 Å². The average molecular weight is 467 g/mol. The third kappa shape index (κ3) is 3.33. The first-order valence-electron chi connectivity index (χ1n) is 10.9. The molecule has 10 heteroatoms. The third-order valence-electron chi connectivity index (χ3n) is 6.34. The molecule has 0 bridgehead atoms. The zero-order valence-electron chi connectivity index (χ0n) is 18.8. The molecule has 170 valence electrons. The summed E-state index contributed by atoms with van der Waals surface area (Å²) in [5, 5.41) is 14.2. The Bertz CT molecular complexity index is 1490. The standard InChI is InChI=1S/C23H23ClN6O3/c1-5-12(2)30-18-13(10-25)14(24)6-7-15(18)29-11-26-17(19(29)22(30)31)20-27-21(33-28-20)16-8-9-23(3,4)32-16/h6-7,11-12,16H,5,8-9H2,1-4H3. The van der Waals surface area contributed by atoms with Crippen LogP contribution in [0.4, 0.5) is 0 Å². The van der Waals surface area contributed by atoms with Gasteiger partial charge in [0.05, 0.1) is 27.2 Å². The average Bonchev–Trinajstić information content (AvgIpc) is 3.51. The highest BCUT2D eigenvalue weighted by atomic mass is 35.5. The Kier molecular flexibility index (Phi) is 5.03. The fourth-order valence-electron chi connectivity index (χ4n) is 4.44. The number of imidazole rings is 1. The number of benzene rings is 1. The van der Waals surface area contributed by atoms with E-state index in [0.717, 1.165) is 12.8 Å². The third-order valence-corrected chi connectivity index (χ3v) is 6.65. The number of halogens is 1. The van der Waals surface area contributed by atoms with Crippen LogP contribution in [0.5, 0.6) is 0 Å². The van der Waals surface area contributed by atoms with Gasteiger partial charge in [-0.3, -0.25) is 9.20 Å². The summed E-state index contributed by atoms with van der Waals surface area (Å²) in [5.74, 6) is 0.598. The van der Waals surface area contributed by atoms with Gasteiger partial charge in [0.2, 0.25) is 5.82 Å². The molecule has 5 rings (SSSR count). The van der Waals surface area contributed by atoms with Gasteiger partial charge < -0.3 is 13.8 Å². The molecule has 9 nitrogen and oxygen atoms in total. The molecule has 0 spiro atoms. The van der Waals surface area contributed by atoms with Crippen molar-refractivity contribution in [2.45, 2.75) is 64.7 Å². The van der Waals surface area contributed by atoms with E-state index < -0.39 is 0 Å². The molecule has 3 aromatic heterocycles. The SMILES string of the molecule is CCC(C)n1c(=O)c2c(-c3noc(C4CCC(C)(C)O4)n3)ncn2c2ccc(Cl)c(C#N)c21. The second-order valence-corrected chi connectivity index (χ2v) is 9.41. The molecule has 0 radical (unpaired) electrons. The van der Waals surface area contributed by atoms with Crippen LogP contribution in [0.3, 0.4) is 0 Å². The van der Waals surface area contributed by atoms with Gasteiger partial charge in [0.25, 0.3) is 11.4 Å². The van der Waals surface area contributed by atoms with Crippen LogP contribution >= 0.6 is 11.6 Å². The van der Waals surface area contributed by atoms with Crippen LogP contribution in [0.15, 0.2) is 27.8 Å². The van der Waals surface area contributed by atoms with Crippen molar-refractivity contribution in [2.24, 2.45) is 0 Å². The summed E-state index contributed by atoms with van der Waals surface area (Å²) in [6, 6.07) is 5.41. The molecule has 2 atom stereocenters. The van der Waals surface area contributed by atoms with Crippen molar-refractivity contribution in [3.63, 3.8) is 0 Å². The van der Waals surface area contributed by atoms with Gasteiger partial charge in [0, 0.05) is 6.04 Å². The maximum absolute atomic E-state index is 13.8. The second kappa shape index (κ2) is 7.68. The monoisotopic (exact) mass is 466 g/mol. The van der Waals surface area contributed by atoms with Gasteiger partial charge in [-0.1, -0.05) is 23.7 Å². The lowest BCUT2D eigenvalue weighted by Crippen LogP contribution is -2.26. The minimum atomic E-state index is -0.298. The summed E-state index contributed by atoms with van der Waals surface area (Å²) in [6.45, 7) is 7.96. The Morgan fingerprint density at radius 1 is 1.36 bits per heavy atom. The van der Waals surface area contributed by atoms with Crippen LogP contribution in [-0.4, -0.2) is 29.7 Å². The molecule has 1 saturated heterocycles. The van der Waals surface area contributed by atoms with E-state index in [2.05, 4.69) is 21.2 Å². The zero-order chi connectivity index (χ0) is 23.5. The predicted octanol–water partition coefficient (Wildman–Crippen LogP) is 4.83. The molecule has 1 fully saturated rings. The van der Waals surface area contributed by atoms with Crippen molar-refractivity contribution in [1.82, 2.24) is 24.1 Å². The predicted molar refractivity (Wildman–Crippen MR) is 122 cm³/mol. The van der Waals surface area contributed by atoms with E-state index in [1.807, 2.05) is 27.7 Å². The first-order chi connectivity index (χ1) is 15.8. The highest BCUT2D eigenvalue weighted by Gasteiger charge is 2.36. The summed E-state index contributed by atoms with van der Waals surface area (Å²) >= 11 is 6.31. The molecule has 4 aromatic rings. The number of ether oxygens (including phenoxy) is 1. The molecular formula is C23H23ClN6O3. The lowest BCUT2D eigenvalue weighted by molar-refractivity contribution is -0.0292.